The summed E-state index contributed by atoms with van der Waals surface area (Å²) in [5.74, 6) is -0.183. The van der Waals surface area contributed by atoms with Crippen LogP contribution in [0.25, 0.3) is 11.3 Å². The van der Waals surface area contributed by atoms with Crippen molar-refractivity contribution < 1.29 is 9.53 Å². The van der Waals surface area contributed by atoms with E-state index in [1.165, 1.54) is 0 Å². The van der Waals surface area contributed by atoms with Crippen molar-refractivity contribution in [1.82, 2.24) is 4.98 Å². The zero-order valence-corrected chi connectivity index (χ0v) is 12.1. The number of nitrogens with zero attached hydrogens (tertiary/aromatic N) is 1. The van der Waals surface area contributed by atoms with Gasteiger partial charge in [0.1, 0.15) is 0 Å². The molecule has 0 amide bonds. The van der Waals surface area contributed by atoms with Gasteiger partial charge in [-0.1, -0.05) is 18.2 Å². The minimum absolute atomic E-state index is 0.183. The summed E-state index contributed by atoms with van der Waals surface area (Å²) in [5.41, 5.74) is 5.10. The van der Waals surface area contributed by atoms with Crippen LogP contribution in [-0.4, -0.2) is 17.6 Å². The van der Waals surface area contributed by atoms with Gasteiger partial charge < -0.3 is 4.74 Å². The van der Waals surface area contributed by atoms with E-state index in [2.05, 4.69) is 11.1 Å². The zero-order valence-electron chi connectivity index (χ0n) is 12.1. The monoisotopic (exact) mass is 269 g/mol. The SMILES string of the molecule is CCOC(=O)Cc1ccc(-c2cccc(C)n2)cc1C. The molecule has 1 aromatic carbocycles. The molecule has 0 aliphatic rings. The average molecular weight is 269 g/mol. The van der Waals surface area contributed by atoms with Crippen LogP contribution < -0.4 is 0 Å². The number of hydrogen-bond donors (Lipinski definition) is 0. The Morgan fingerprint density at radius 3 is 2.65 bits per heavy atom. The van der Waals surface area contributed by atoms with E-state index in [1.54, 1.807) is 0 Å². The predicted molar refractivity (Wildman–Crippen MR) is 79.5 cm³/mol. The van der Waals surface area contributed by atoms with Gasteiger partial charge in [0.15, 0.2) is 0 Å². The number of benzene rings is 1. The summed E-state index contributed by atoms with van der Waals surface area (Å²) in [5, 5.41) is 0. The summed E-state index contributed by atoms with van der Waals surface area (Å²) in [6.07, 6.45) is 0.321. The molecular formula is C17H19NO2. The summed E-state index contributed by atoms with van der Waals surface area (Å²) in [7, 11) is 0. The summed E-state index contributed by atoms with van der Waals surface area (Å²) < 4.78 is 4.98. The first kappa shape index (κ1) is 14.3. The van der Waals surface area contributed by atoms with Gasteiger partial charge in [0, 0.05) is 11.3 Å². The standard InChI is InChI=1S/C17H19NO2/c1-4-20-17(19)11-14-8-9-15(10-12(14)2)16-7-5-6-13(3)18-16/h5-10H,4,11H2,1-3H3. The van der Waals surface area contributed by atoms with Crippen molar-refractivity contribution in [3.63, 3.8) is 0 Å². The molecule has 1 aromatic heterocycles. The maximum absolute atomic E-state index is 11.5. The number of hydrogen-bond acceptors (Lipinski definition) is 3. The molecule has 20 heavy (non-hydrogen) atoms. The smallest absolute Gasteiger partial charge is 0.310 e. The lowest BCUT2D eigenvalue weighted by Crippen LogP contribution is -2.08. The summed E-state index contributed by atoms with van der Waals surface area (Å²) in [4.78, 5) is 16.0. The molecule has 3 heteroatoms. The lowest BCUT2D eigenvalue weighted by atomic mass is 10.0. The highest BCUT2D eigenvalue weighted by atomic mass is 16.5. The second-order valence-corrected chi connectivity index (χ2v) is 4.79. The Kier molecular flexibility index (Phi) is 4.51. The molecular weight excluding hydrogens is 250 g/mol. The van der Waals surface area contributed by atoms with Gasteiger partial charge in [-0.25, -0.2) is 0 Å². The molecule has 104 valence electrons. The maximum Gasteiger partial charge on any atom is 0.310 e. The normalized spacial score (nSPS) is 10.3. The second kappa shape index (κ2) is 6.33. The third-order valence-electron chi connectivity index (χ3n) is 3.17. The van der Waals surface area contributed by atoms with Crippen molar-refractivity contribution in [3.8, 4) is 11.3 Å². The van der Waals surface area contributed by atoms with Crippen molar-refractivity contribution >= 4 is 5.97 Å². The van der Waals surface area contributed by atoms with Crippen molar-refractivity contribution in [2.75, 3.05) is 6.61 Å². The third kappa shape index (κ3) is 3.44. The molecule has 0 saturated carbocycles. The van der Waals surface area contributed by atoms with Gasteiger partial charge in [-0.2, -0.15) is 0 Å². The molecule has 0 radical (unpaired) electrons. The zero-order chi connectivity index (χ0) is 14.5. The van der Waals surface area contributed by atoms with Gasteiger partial charge in [0.2, 0.25) is 0 Å². The minimum Gasteiger partial charge on any atom is -0.466 e. The van der Waals surface area contributed by atoms with Gasteiger partial charge in [0.25, 0.3) is 0 Å². The predicted octanol–water partition coefficient (Wildman–Crippen LogP) is 3.47. The molecule has 0 saturated heterocycles. The summed E-state index contributed by atoms with van der Waals surface area (Å²) in [6.45, 7) is 6.22. The van der Waals surface area contributed by atoms with E-state index in [1.807, 2.05) is 51.1 Å². The van der Waals surface area contributed by atoms with Crippen LogP contribution in [-0.2, 0) is 16.0 Å². The molecule has 0 unspecified atom stereocenters. The molecule has 0 spiro atoms. The highest BCUT2D eigenvalue weighted by molar-refractivity contribution is 5.73. The molecule has 1 heterocycles. The van der Waals surface area contributed by atoms with E-state index in [0.717, 1.165) is 28.1 Å². The fourth-order valence-corrected chi connectivity index (χ4v) is 2.12. The van der Waals surface area contributed by atoms with Crippen LogP contribution in [0.3, 0.4) is 0 Å². The number of rotatable bonds is 4. The van der Waals surface area contributed by atoms with Crippen molar-refractivity contribution in [1.29, 1.82) is 0 Å². The number of esters is 1. The Balaban J connectivity index is 2.23. The van der Waals surface area contributed by atoms with E-state index in [-0.39, 0.29) is 5.97 Å². The number of carbonyl (C=O) groups excluding carboxylic acids is 1. The van der Waals surface area contributed by atoms with Crippen LogP contribution in [0, 0.1) is 13.8 Å². The topological polar surface area (TPSA) is 39.2 Å². The Bertz CT molecular complexity index is 620. The first-order valence-electron chi connectivity index (χ1n) is 6.79. The molecule has 2 rings (SSSR count). The van der Waals surface area contributed by atoms with Gasteiger partial charge >= 0.3 is 5.97 Å². The van der Waals surface area contributed by atoms with Gasteiger partial charge in [-0.05, 0) is 50.1 Å². The summed E-state index contributed by atoms with van der Waals surface area (Å²) >= 11 is 0. The van der Waals surface area contributed by atoms with E-state index < -0.39 is 0 Å². The van der Waals surface area contributed by atoms with Crippen LogP contribution in [0.5, 0.6) is 0 Å². The molecule has 3 nitrogen and oxygen atoms in total. The molecule has 0 aliphatic heterocycles. The summed E-state index contributed by atoms with van der Waals surface area (Å²) in [6, 6.07) is 12.0. The minimum atomic E-state index is -0.183. The average Bonchev–Trinajstić information content (AvgIpc) is 2.41. The van der Waals surface area contributed by atoms with Crippen molar-refractivity contribution in [3.05, 3.63) is 53.2 Å². The Morgan fingerprint density at radius 2 is 2.00 bits per heavy atom. The lowest BCUT2D eigenvalue weighted by Gasteiger charge is -2.08. The first-order chi connectivity index (χ1) is 9.60. The number of aryl methyl sites for hydroxylation is 2. The Hall–Kier alpha value is -2.16. The molecule has 0 bridgehead atoms. The number of ether oxygens (including phenoxy) is 1. The molecule has 2 aromatic rings. The maximum atomic E-state index is 11.5. The fraction of sp³-hybridized carbons (Fsp3) is 0.294. The fourth-order valence-electron chi connectivity index (χ4n) is 2.12. The highest BCUT2D eigenvalue weighted by Crippen LogP contribution is 2.21. The van der Waals surface area contributed by atoms with Crippen LogP contribution in [0.1, 0.15) is 23.7 Å². The van der Waals surface area contributed by atoms with Gasteiger partial charge in [-0.15, -0.1) is 0 Å². The van der Waals surface area contributed by atoms with Gasteiger partial charge in [-0.3, -0.25) is 9.78 Å². The molecule has 0 fully saturated rings. The number of aromatic nitrogens is 1. The van der Waals surface area contributed by atoms with Crippen LogP contribution >= 0.6 is 0 Å². The van der Waals surface area contributed by atoms with Gasteiger partial charge in [0.05, 0.1) is 18.7 Å². The lowest BCUT2D eigenvalue weighted by molar-refractivity contribution is -0.142. The van der Waals surface area contributed by atoms with Crippen molar-refractivity contribution in [2.24, 2.45) is 0 Å². The highest BCUT2D eigenvalue weighted by Gasteiger charge is 2.08. The van der Waals surface area contributed by atoms with Crippen LogP contribution in [0.2, 0.25) is 0 Å². The van der Waals surface area contributed by atoms with Crippen LogP contribution in [0.15, 0.2) is 36.4 Å². The third-order valence-corrected chi connectivity index (χ3v) is 3.17. The van der Waals surface area contributed by atoms with E-state index in [0.29, 0.717) is 13.0 Å². The molecule has 0 atom stereocenters. The van der Waals surface area contributed by atoms with E-state index in [9.17, 15) is 4.79 Å². The largest absolute Gasteiger partial charge is 0.466 e. The second-order valence-electron chi connectivity index (χ2n) is 4.79. The molecule has 0 N–H and O–H groups in total. The molecule has 0 aliphatic carbocycles. The quantitative estimate of drug-likeness (QED) is 0.798. The Morgan fingerprint density at radius 1 is 1.20 bits per heavy atom. The van der Waals surface area contributed by atoms with E-state index >= 15 is 0 Å². The van der Waals surface area contributed by atoms with Crippen LogP contribution in [0.4, 0.5) is 0 Å². The number of pyridine rings is 1. The van der Waals surface area contributed by atoms with Crippen molar-refractivity contribution in [2.45, 2.75) is 27.2 Å². The first-order valence-corrected chi connectivity index (χ1v) is 6.79. The Labute approximate surface area is 119 Å². The van der Waals surface area contributed by atoms with E-state index in [4.69, 9.17) is 4.74 Å². The number of carbonyl (C=O) groups is 1.